The molecule has 0 unspecified atom stereocenters. The Morgan fingerprint density at radius 2 is 2.05 bits per heavy atom. The van der Waals surface area contributed by atoms with E-state index in [0.717, 1.165) is 25.9 Å². The molecule has 1 aliphatic rings. The van der Waals surface area contributed by atoms with Crippen LogP contribution in [0, 0.1) is 17.0 Å². The fourth-order valence-electron chi connectivity index (χ4n) is 4.58. The lowest BCUT2D eigenvalue weighted by Crippen LogP contribution is -2.26. The number of anilines is 1. The second-order valence-corrected chi connectivity index (χ2v) is 9.52. The van der Waals surface area contributed by atoms with Crippen molar-refractivity contribution in [3.63, 3.8) is 0 Å². The van der Waals surface area contributed by atoms with Crippen LogP contribution in [0.4, 0.5) is 11.5 Å². The van der Waals surface area contributed by atoms with E-state index >= 15 is 0 Å². The Morgan fingerprint density at radius 1 is 1.24 bits per heavy atom. The number of methoxy groups -OCH3 is 1. The number of nitro benzene ring substituents is 1. The minimum Gasteiger partial charge on any atom is -0.496 e. The van der Waals surface area contributed by atoms with Crippen molar-refractivity contribution in [2.45, 2.75) is 32.9 Å². The van der Waals surface area contributed by atoms with Gasteiger partial charge in [-0.1, -0.05) is 5.21 Å². The van der Waals surface area contributed by atoms with E-state index in [0.29, 0.717) is 40.4 Å². The quantitative estimate of drug-likeness (QED) is 0.150. The van der Waals surface area contributed by atoms with Gasteiger partial charge in [0.05, 0.1) is 18.2 Å². The molecule has 3 N–H and O–H groups in total. The molecule has 1 amide bonds. The SMILES string of the molecule is COc1ccc(/C=N\NC(=O)c2c(CN3CCCC3)nnn2-c2nonc2N)cc1COc1ccc([N+](=O)[O-])c(C)c1. The Hall–Kier alpha value is -5.38. The monoisotopic (exact) mass is 576 g/mol. The Labute approximate surface area is 239 Å². The van der Waals surface area contributed by atoms with Gasteiger partial charge in [0.2, 0.25) is 11.6 Å². The third-order valence-corrected chi connectivity index (χ3v) is 6.67. The molecule has 4 aromatic rings. The molecule has 1 aliphatic heterocycles. The van der Waals surface area contributed by atoms with Crippen molar-refractivity contribution in [1.29, 1.82) is 0 Å². The van der Waals surface area contributed by atoms with Crippen molar-refractivity contribution in [3.8, 4) is 17.3 Å². The molecule has 1 fully saturated rings. The predicted molar refractivity (Wildman–Crippen MR) is 148 cm³/mol. The fraction of sp³-hybridized carbons (Fsp3) is 0.308. The predicted octanol–water partition coefficient (Wildman–Crippen LogP) is 2.40. The second-order valence-electron chi connectivity index (χ2n) is 9.52. The lowest BCUT2D eigenvalue weighted by molar-refractivity contribution is -0.385. The van der Waals surface area contributed by atoms with Crippen molar-refractivity contribution in [2.75, 3.05) is 25.9 Å². The summed E-state index contributed by atoms with van der Waals surface area (Å²) in [6, 6.07) is 9.85. The molecular weight excluding hydrogens is 548 g/mol. The summed E-state index contributed by atoms with van der Waals surface area (Å²) in [5.41, 5.74) is 10.8. The molecule has 218 valence electrons. The third-order valence-electron chi connectivity index (χ3n) is 6.67. The number of nitro groups is 1. The van der Waals surface area contributed by atoms with Crippen LogP contribution in [0.15, 0.2) is 46.1 Å². The number of nitrogens with two attached hydrogens (primary N) is 1. The number of carbonyl (C=O) groups is 1. The molecule has 5 rings (SSSR count). The Morgan fingerprint density at radius 3 is 2.74 bits per heavy atom. The highest BCUT2D eigenvalue weighted by Gasteiger charge is 2.27. The van der Waals surface area contributed by atoms with Gasteiger partial charge in [0.15, 0.2) is 5.69 Å². The highest BCUT2D eigenvalue weighted by Crippen LogP contribution is 2.26. The molecule has 1 saturated heterocycles. The molecule has 2 aromatic heterocycles. The van der Waals surface area contributed by atoms with Crippen molar-refractivity contribution in [1.82, 2.24) is 35.6 Å². The lowest BCUT2D eigenvalue weighted by atomic mass is 10.1. The van der Waals surface area contributed by atoms with Gasteiger partial charge in [-0.15, -0.1) is 5.10 Å². The molecule has 0 radical (unpaired) electrons. The van der Waals surface area contributed by atoms with E-state index < -0.39 is 10.8 Å². The van der Waals surface area contributed by atoms with Gasteiger partial charge in [-0.25, -0.2) is 10.1 Å². The number of nitrogens with one attached hydrogen (secondary N) is 1. The second kappa shape index (κ2) is 12.4. The number of carbonyl (C=O) groups excluding carboxylic acids is 1. The number of hydrazone groups is 1. The lowest BCUT2D eigenvalue weighted by Gasteiger charge is -2.13. The minimum absolute atomic E-state index is 0.0170. The maximum absolute atomic E-state index is 13.3. The molecule has 0 atom stereocenters. The van der Waals surface area contributed by atoms with Gasteiger partial charge in [0, 0.05) is 23.7 Å². The van der Waals surface area contributed by atoms with Crippen molar-refractivity contribution >= 4 is 23.6 Å². The number of benzene rings is 2. The maximum atomic E-state index is 13.3. The molecule has 2 aromatic carbocycles. The minimum atomic E-state index is -0.571. The van der Waals surface area contributed by atoms with Crippen LogP contribution >= 0.6 is 0 Å². The van der Waals surface area contributed by atoms with Crippen molar-refractivity contribution in [2.24, 2.45) is 5.10 Å². The van der Waals surface area contributed by atoms with Gasteiger partial charge < -0.3 is 15.2 Å². The molecule has 0 aliphatic carbocycles. The molecule has 16 heteroatoms. The number of rotatable bonds is 11. The zero-order valence-electron chi connectivity index (χ0n) is 22.9. The summed E-state index contributed by atoms with van der Waals surface area (Å²) < 4.78 is 17.2. The van der Waals surface area contributed by atoms with Gasteiger partial charge in [-0.3, -0.25) is 19.8 Å². The number of hydrogen-bond acceptors (Lipinski definition) is 13. The van der Waals surface area contributed by atoms with Crippen LogP contribution in [-0.2, 0) is 13.2 Å². The smallest absolute Gasteiger partial charge is 0.292 e. The van der Waals surface area contributed by atoms with E-state index in [9.17, 15) is 14.9 Å². The normalized spacial score (nSPS) is 13.5. The van der Waals surface area contributed by atoms with Crippen LogP contribution in [0.2, 0.25) is 0 Å². The molecule has 0 saturated carbocycles. The summed E-state index contributed by atoms with van der Waals surface area (Å²) in [7, 11) is 1.54. The summed E-state index contributed by atoms with van der Waals surface area (Å²) in [6.45, 7) is 3.99. The van der Waals surface area contributed by atoms with E-state index in [4.69, 9.17) is 15.2 Å². The summed E-state index contributed by atoms with van der Waals surface area (Å²) >= 11 is 0. The van der Waals surface area contributed by atoms with Crippen LogP contribution in [0.25, 0.3) is 5.82 Å². The molecule has 16 nitrogen and oxygen atoms in total. The van der Waals surface area contributed by atoms with Crippen LogP contribution < -0.4 is 20.6 Å². The van der Waals surface area contributed by atoms with Crippen LogP contribution in [0.5, 0.6) is 11.5 Å². The molecular formula is C26H28N10O6. The van der Waals surface area contributed by atoms with E-state index in [2.05, 4.69) is 40.7 Å². The van der Waals surface area contributed by atoms with Crippen molar-refractivity contribution < 1.29 is 23.8 Å². The molecule has 0 bridgehead atoms. The fourth-order valence-corrected chi connectivity index (χ4v) is 4.58. The number of hydrogen-bond donors (Lipinski definition) is 2. The molecule has 0 spiro atoms. The first-order chi connectivity index (χ1) is 20.3. The highest BCUT2D eigenvalue weighted by atomic mass is 16.6. The Bertz CT molecular complexity index is 1630. The number of ether oxygens (including phenoxy) is 2. The molecule has 3 heterocycles. The summed E-state index contributed by atoms with van der Waals surface area (Å²) in [5.74, 6) is 0.493. The number of aromatic nitrogens is 5. The van der Waals surface area contributed by atoms with E-state index in [-0.39, 0.29) is 29.6 Å². The Balaban J connectivity index is 1.31. The summed E-state index contributed by atoms with van der Waals surface area (Å²) in [6.07, 6.45) is 3.61. The number of nitrogen functional groups attached to an aromatic ring is 1. The number of likely N-dealkylation sites (tertiary alicyclic amines) is 1. The largest absolute Gasteiger partial charge is 0.496 e. The van der Waals surface area contributed by atoms with Gasteiger partial charge in [0.25, 0.3) is 11.6 Å². The van der Waals surface area contributed by atoms with Gasteiger partial charge >= 0.3 is 0 Å². The average Bonchev–Trinajstić information content (AvgIpc) is 3.73. The van der Waals surface area contributed by atoms with Gasteiger partial charge in [0.1, 0.15) is 23.8 Å². The van der Waals surface area contributed by atoms with Crippen LogP contribution in [0.3, 0.4) is 0 Å². The number of aryl methyl sites for hydroxylation is 1. The first-order valence-corrected chi connectivity index (χ1v) is 13.0. The number of nitrogens with zero attached hydrogens (tertiary/aromatic N) is 8. The van der Waals surface area contributed by atoms with Gasteiger partial charge in [-0.2, -0.15) is 9.78 Å². The topological polar surface area (TPSA) is 202 Å². The zero-order valence-corrected chi connectivity index (χ0v) is 22.9. The van der Waals surface area contributed by atoms with Crippen LogP contribution in [-0.4, -0.2) is 67.5 Å². The van der Waals surface area contributed by atoms with E-state index in [1.54, 1.807) is 37.3 Å². The first-order valence-electron chi connectivity index (χ1n) is 13.0. The summed E-state index contributed by atoms with van der Waals surface area (Å²) in [4.78, 5) is 26.1. The third kappa shape index (κ3) is 6.17. The molecule has 42 heavy (non-hydrogen) atoms. The summed E-state index contributed by atoms with van der Waals surface area (Å²) in [5, 5.41) is 30.8. The van der Waals surface area contributed by atoms with E-state index in [1.165, 1.54) is 24.1 Å². The zero-order chi connectivity index (χ0) is 29.6. The number of amides is 1. The maximum Gasteiger partial charge on any atom is 0.292 e. The average molecular weight is 577 g/mol. The van der Waals surface area contributed by atoms with Crippen molar-refractivity contribution in [3.05, 3.63) is 74.6 Å². The van der Waals surface area contributed by atoms with Gasteiger partial charge in [-0.05, 0) is 79.1 Å². The Kier molecular flexibility index (Phi) is 8.33. The highest BCUT2D eigenvalue weighted by molar-refractivity contribution is 5.95. The standard InChI is InChI=1S/C26H28N10O6/c1-16-11-19(6-7-21(16)36(38)39)41-15-18-12-17(5-8-22(18)40-2)13-28-30-26(37)23-20(14-34-9-3-4-10-34)29-33-35(23)25-24(27)31-42-32-25/h5-8,11-13H,3-4,9-10,14-15H2,1-2H3,(H2,27,31)(H,30,37)/b28-13-. The van der Waals surface area contributed by atoms with E-state index in [1.807, 2.05) is 0 Å². The first kappa shape index (κ1) is 28.2. The van der Waals surface area contributed by atoms with Crippen LogP contribution in [0.1, 0.15) is 45.7 Å².